The quantitative estimate of drug-likeness (QED) is 0.690. The van der Waals surface area contributed by atoms with Crippen molar-refractivity contribution in [3.8, 4) is 0 Å². The zero-order chi connectivity index (χ0) is 17.1. The molecule has 0 aromatic rings. The molecule has 24 heavy (non-hydrogen) atoms. The van der Waals surface area contributed by atoms with Crippen molar-refractivity contribution in [3.05, 3.63) is 0 Å². The fraction of sp³-hybridized carbons (Fsp3) is 0.952. The van der Waals surface area contributed by atoms with Crippen molar-refractivity contribution in [1.82, 2.24) is 0 Å². The van der Waals surface area contributed by atoms with Gasteiger partial charge < -0.3 is 9.84 Å². The Morgan fingerprint density at radius 2 is 1.75 bits per heavy atom. The maximum Gasteiger partial charge on any atom is 0.170 e. The van der Waals surface area contributed by atoms with Crippen molar-refractivity contribution >= 4 is 5.78 Å². The van der Waals surface area contributed by atoms with Crippen LogP contribution in [-0.4, -0.2) is 29.2 Å². The first-order chi connectivity index (χ1) is 11.2. The Balaban J connectivity index is 1.54. The van der Waals surface area contributed by atoms with Crippen molar-refractivity contribution < 1.29 is 14.6 Å². The molecule has 5 rings (SSSR count). The first-order valence-electron chi connectivity index (χ1n) is 10.1. The van der Waals surface area contributed by atoms with Crippen LogP contribution in [0.1, 0.15) is 66.2 Å². The summed E-state index contributed by atoms with van der Waals surface area (Å²) in [4.78, 5) is 12.8. The number of Topliss-reactive ketones (excluding diaryl/α,β-unsaturated/α-hetero) is 1. The Kier molecular flexibility index (Phi) is 2.94. The molecule has 0 spiro atoms. The Bertz CT molecular complexity index is 598. The van der Waals surface area contributed by atoms with Crippen LogP contribution in [0.3, 0.4) is 0 Å². The first kappa shape index (κ1) is 15.8. The highest BCUT2D eigenvalue weighted by molar-refractivity contribution is 5.92. The number of rotatable bonds is 0. The number of carbonyl (C=O) groups excluding carboxylic acids is 1. The summed E-state index contributed by atoms with van der Waals surface area (Å²) in [6, 6.07) is 0. The molecule has 0 amide bonds. The van der Waals surface area contributed by atoms with Gasteiger partial charge in [0.05, 0.1) is 12.2 Å². The van der Waals surface area contributed by atoms with Crippen LogP contribution in [-0.2, 0) is 9.53 Å². The molecule has 3 heteroatoms. The minimum atomic E-state index is -0.243. The number of epoxide rings is 1. The molecule has 3 nitrogen and oxygen atoms in total. The predicted molar refractivity (Wildman–Crippen MR) is 91.3 cm³/mol. The van der Waals surface area contributed by atoms with Crippen LogP contribution < -0.4 is 0 Å². The second-order valence-electron chi connectivity index (χ2n) is 10.6. The highest BCUT2D eigenvalue weighted by Gasteiger charge is 2.73. The summed E-state index contributed by atoms with van der Waals surface area (Å²) in [6.45, 7) is 9.12. The molecule has 5 fully saturated rings. The predicted octanol–water partition coefficient (Wildman–Crippen LogP) is 3.58. The summed E-state index contributed by atoms with van der Waals surface area (Å²) in [6.07, 6.45) is 6.87. The number of hydrogen-bond donors (Lipinski definition) is 1. The second-order valence-corrected chi connectivity index (χ2v) is 10.6. The van der Waals surface area contributed by atoms with E-state index in [2.05, 4.69) is 27.7 Å². The number of hydrogen-bond acceptors (Lipinski definition) is 3. The average Bonchev–Trinajstić information content (AvgIpc) is 3.27. The number of aliphatic hydroxyl groups excluding tert-OH is 1. The van der Waals surface area contributed by atoms with E-state index in [4.69, 9.17) is 4.74 Å². The summed E-state index contributed by atoms with van der Waals surface area (Å²) in [5.41, 5.74) is 0.0430. The molecule has 0 bridgehead atoms. The SMILES string of the molecule is CC1(C)C(=O)C2OC2[C@@]2(C)C1CC[C@@H]1[C@@H]2CC[C@]2(C)[C@@H](O)CC[C@@H]12. The lowest BCUT2D eigenvalue weighted by Gasteiger charge is -2.61. The molecular weight excluding hydrogens is 300 g/mol. The summed E-state index contributed by atoms with van der Waals surface area (Å²) < 4.78 is 6.01. The number of ketones is 1. The van der Waals surface area contributed by atoms with Crippen molar-refractivity contribution in [2.45, 2.75) is 84.5 Å². The number of carbonyl (C=O) groups is 1. The molecule has 0 aromatic heterocycles. The van der Waals surface area contributed by atoms with Gasteiger partial charge in [-0.05, 0) is 67.6 Å². The number of ether oxygens (including phenoxy) is 1. The maximum absolute atomic E-state index is 12.8. The zero-order valence-corrected chi connectivity index (χ0v) is 15.5. The van der Waals surface area contributed by atoms with E-state index in [1.807, 2.05) is 0 Å². The van der Waals surface area contributed by atoms with Gasteiger partial charge in [-0.25, -0.2) is 0 Å². The van der Waals surface area contributed by atoms with Crippen LogP contribution in [0.25, 0.3) is 0 Å². The highest BCUT2D eigenvalue weighted by Crippen LogP contribution is 2.71. The Hall–Kier alpha value is -0.410. The molecule has 134 valence electrons. The smallest absolute Gasteiger partial charge is 0.170 e. The Morgan fingerprint density at radius 1 is 1.00 bits per heavy atom. The summed E-state index contributed by atoms with van der Waals surface area (Å²) in [7, 11) is 0. The van der Waals surface area contributed by atoms with Gasteiger partial charge in [-0.3, -0.25) is 4.79 Å². The van der Waals surface area contributed by atoms with Crippen LogP contribution >= 0.6 is 0 Å². The summed E-state index contributed by atoms with van der Waals surface area (Å²) in [5, 5.41) is 10.6. The topological polar surface area (TPSA) is 49.8 Å². The summed E-state index contributed by atoms with van der Waals surface area (Å²) >= 11 is 0. The molecule has 5 aliphatic rings. The van der Waals surface area contributed by atoms with Gasteiger partial charge in [0, 0.05) is 10.8 Å². The summed E-state index contributed by atoms with van der Waals surface area (Å²) in [5.74, 6) is 2.86. The molecular formula is C21H32O3. The van der Waals surface area contributed by atoms with E-state index in [0.29, 0.717) is 23.5 Å². The first-order valence-corrected chi connectivity index (χ1v) is 10.1. The van der Waals surface area contributed by atoms with E-state index in [1.165, 1.54) is 19.3 Å². The second kappa shape index (κ2) is 4.46. The monoisotopic (exact) mass is 332 g/mol. The van der Waals surface area contributed by atoms with Gasteiger partial charge in [0.1, 0.15) is 6.10 Å². The van der Waals surface area contributed by atoms with Crippen LogP contribution in [0.15, 0.2) is 0 Å². The van der Waals surface area contributed by atoms with Gasteiger partial charge >= 0.3 is 0 Å². The minimum Gasteiger partial charge on any atom is -0.393 e. The fourth-order valence-corrected chi connectivity index (χ4v) is 8.23. The third kappa shape index (κ3) is 1.60. The van der Waals surface area contributed by atoms with Gasteiger partial charge in [-0.15, -0.1) is 0 Å². The lowest BCUT2D eigenvalue weighted by Crippen LogP contribution is -2.61. The van der Waals surface area contributed by atoms with E-state index in [1.54, 1.807) is 0 Å². The maximum atomic E-state index is 12.8. The number of aliphatic hydroxyl groups is 1. The van der Waals surface area contributed by atoms with Crippen molar-refractivity contribution in [2.24, 2.45) is 39.9 Å². The molecule has 1 heterocycles. The lowest BCUT2D eigenvalue weighted by atomic mass is 9.41. The van der Waals surface area contributed by atoms with Crippen molar-refractivity contribution in [1.29, 1.82) is 0 Å². The molecule has 1 N–H and O–H groups in total. The third-order valence-corrected chi connectivity index (χ3v) is 9.59. The van der Waals surface area contributed by atoms with E-state index >= 15 is 0 Å². The average molecular weight is 332 g/mol. The van der Waals surface area contributed by atoms with Crippen LogP contribution in [0, 0.1) is 39.9 Å². The molecule has 4 aliphatic carbocycles. The van der Waals surface area contributed by atoms with Crippen molar-refractivity contribution in [3.63, 3.8) is 0 Å². The molecule has 0 aromatic carbocycles. The third-order valence-electron chi connectivity index (χ3n) is 9.59. The molecule has 0 radical (unpaired) electrons. The Morgan fingerprint density at radius 3 is 2.50 bits per heavy atom. The highest BCUT2D eigenvalue weighted by atomic mass is 16.6. The van der Waals surface area contributed by atoms with E-state index < -0.39 is 0 Å². The van der Waals surface area contributed by atoms with Gasteiger partial charge in [-0.2, -0.15) is 0 Å². The number of fused-ring (bicyclic) bond motifs is 7. The van der Waals surface area contributed by atoms with E-state index in [0.717, 1.165) is 25.2 Å². The largest absolute Gasteiger partial charge is 0.393 e. The minimum absolute atomic E-state index is 0.108. The van der Waals surface area contributed by atoms with Crippen molar-refractivity contribution in [2.75, 3.05) is 0 Å². The van der Waals surface area contributed by atoms with Gasteiger partial charge in [-0.1, -0.05) is 27.7 Å². The normalized spacial score (nSPS) is 60.7. The van der Waals surface area contributed by atoms with Crippen LogP contribution in [0.5, 0.6) is 0 Å². The standard InChI is InChI=1S/C21H32O3/c1-19(2)14-7-5-11-12-6-8-15(22)20(12,3)10-9-13(11)21(14,4)18-16(24-18)17(19)23/h11-16,18,22H,5-10H2,1-4H3/t11-,12-,13-,14?,15-,16?,18?,20-,21+/m0/s1. The van der Waals surface area contributed by atoms with Crippen LogP contribution in [0.4, 0.5) is 0 Å². The molecule has 1 aliphatic heterocycles. The lowest BCUT2D eigenvalue weighted by molar-refractivity contribution is -0.160. The zero-order valence-electron chi connectivity index (χ0n) is 15.5. The van der Waals surface area contributed by atoms with E-state index in [-0.39, 0.29) is 34.6 Å². The van der Waals surface area contributed by atoms with Gasteiger partial charge in [0.2, 0.25) is 0 Å². The Labute approximate surface area is 145 Å². The van der Waals surface area contributed by atoms with Gasteiger partial charge in [0.25, 0.3) is 0 Å². The van der Waals surface area contributed by atoms with Gasteiger partial charge in [0.15, 0.2) is 5.78 Å². The fourth-order valence-electron chi connectivity index (χ4n) is 8.23. The van der Waals surface area contributed by atoms with Crippen LogP contribution in [0.2, 0.25) is 0 Å². The molecule has 4 saturated carbocycles. The van der Waals surface area contributed by atoms with E-state index in [9.17, 15) is 9.90 Å². The molecule has 9 atom stereocenters. The molecule has 3 unspecified atom stereocenters. The molecule has 1 saturated heterocycles.